The number of aromatic nitrogens is 1. The summed E-state index contributed by atoms with van der Waals surface area (Å²) in [5, 5.41) is 17.9. The molecule has 0 bridgehead atoms. The number of aliphatic hydroxyl groups is 1. The summed E-state index contributed by atoms with van der Waals surface area (Å²) in [5.74, 6) is -0.207. The van der Waals surface area contributed by atoms with Gasteiger partial charge >= 0.3 is 0 Å². The maximum Gasteiger partial charge on any atom is 0.270 e. The van der Waals surface area contributed by atoms with Crippen LogP contribution in [0.1, 0.15) is 21.6 Å². The second kappa shape index (κ2) is 7.27. The Labute approximate surface area is 123 Å². The quantitative estimate of drug-likeness (QED) is 0.844. The number of carbonyl (C=O) groups excluding carboxylic acids is 1. The van der Waals surface area contributed by atoms with E-state index in [1.807, 2.05) is 36.4 Å². The number of aromatic amines is 1. The molecule has 1 aromatic carbocycles. The number of aliphatic hydroxyl groups excluding tert-OH is 1. The molecule has 5 nitrogen and oxygen atoms in total. The number of nitrogens with one attached hydrogen (secondary N) is 1. The molecule has 2 N–H and O–H groups in total. The van der Waals surface area contributed by atoms with E-state index in [4.69, 9.17) is 10.4 Å². The van der Waals surface area contributed by atoms with E-state index in [2.05, 4.69) is 4.98 Å². The van der Waals surface area contributed by atoms with Crippen LogP contribution in [-0.4, -0.2) is 40.6 Å². The van der Waals surface area contributed by atoms with Gasteiger partial charge in [-0.05, 0) is 18.1 Å². The van der Waals surface area contributed by atoms with E-state index in [0.717, 1.165) is 12.0 Å². The molecule has 21 heavy (non-hydrogen) atoms. The van der Waals surface area contributed by atoms with Crippen molar-refractivity contribution in [3.8, 4) is 6.07 Å². The smallest absolute Gasteiger partial charge is 0.270 e. The van der Waals surface area contributed by atoms with Crippen LogP contribution in [0.25, 0.3) is 0 Å². The predicted molar refractivity (Wildman–Crippen MR) is 78.6 cm³/mol. The fourth-order valence-electron chi connectivity index (χ4n) is 2.10. The topological polar surface area (TPSA) is 80.1 Å². The van der Waals surface area contributed by atoms with Gasteiger partial charge in [0.25, 0.3) is 5.91 Å². The summed E-state index contributed by atoms with van der Waals surface area (Å²) in [6.45, 7) is 0.698. The molecular weight excluding hydrogens is 266 g/mol. The Morgan fingerprint density at radius 2 is 2.05 bits per heavy atom. The Kier molecular flexibility index (Phi) is 5.13. The predicted octanol–water partition coefficient (Wildman–Crippen LogP) is 1.56. The highest BCUT2D eigenvalue weighted by Crippen LogP contribution is 2.08. The van der Waals surface area contributed by atoms with Crippen molar-refractivity contribution < 1.29 is 9.90 Å². The minimum Gasteiger partial charge on any atom is -0.395 e. The van der Waals surface area contributed by atoms with E-state index in [1.165, 1.54) is 12.3 Å². The van der Waals surface area contributed by atoms with Crippen molar-refractivity contribution in [2.45, 2.75) is 6.42 Å². The molecule has 0 aliphatic heterocycles. The first kappa shape index (κ1) is 14.8. The number of carbonyl (C=O) groups is 1. The standard InChI is InChI=1S/C16H17N3O2/c17-11-14-10-15(18-12-14)16(21)19(8-9-20)7-6-13-4-2-1-3-5-13/h1-5,10,12,18,20H,6-9H2. The molecule has 0 spiro atoms. The van der Waals surface area contributed by atoms with Gasteiger partial charge in [-0.3, -0.25) is 4.79 Å². The number of amides is 1. The molecule has 5 heteroatoms. The van der Waals surface area contributed by atoms with E-state index in [0.29, 0.717) is 17.8 Å². The van der Waals surface area contributed by atoms with E-state index in [1.54, 1.807) is 4.90 Å². The monoisotopic (exact) mass is 283 g/mol. The maximum atomic E-state index is 12.4. The number of nitriles is 1. The van der Waals surface area contributed by atoms with E-state index >= 15 is 0 Å². The highest BCUT2D eigenvalue weighted by atomic mass is 16.3. The highest BCUT2D eigenvalue weighted by molar-refractivity contribution is 5.92. The molecule has 0 saturated heterocycles. The number of nitrogens with zero attached hydrogens (tertiary/aromatic N) is 2. The van der Waals surface area contributed by atoms with Crippen LogP contribution in [0.15, 0.2) is 42.6 Å². The number of benzene rings is 1. The van der Waals surface area contributed by atoms with Crippen LogP contribution < -0.4 is 0 Å². The van der Waals surface area contributed by atoms with E-state index in [9.17, 15) is 4.79 Å². The summed E-state index contributed by atoms with van der Waals surface area (Å²) < 4.78 is 0. The van der Waals surface area contributed by atoms with Gasteiger partial charge in [-0.25, -0.2) is 0 Å². The largest absolute Gasteiger partial charge is 0.395 e. The Balaban J connectivity index is 2.04. The van der Waals surface area contributed by atoms with Gasteiger partial charge < -0.3 is 15.0 Å². The van der Waals surface area contributed by atoms with Gasteiger partial charge in [0.05, 0.1) is 12.2 Å². The molecule has 1 aromatic heterocycles. The van der Waals surface area contributed by atoms with Crippen molar-refractivity contribution >= 4 is 5.91 Å². The Hall–Kier alpha value is -2.58. The van der Waals surface area contributed by atoms with Crippen molar-refractivity contribution in [3.05, 3.63) is 59.4 Å². The molecule has 108 valence electrons. The third kappa shape index (κ3) is 3.94. The molecule has 0 unspecified atom stereocenters. The second-order valence-electron chi connectivity index (χ2n) is 4.67. The van der Waals surface area contributed by atoms with Crippen molar-refractivity contribution in [3.63, 3.8) is 0 Å². The highest BCUT2D eigenvalue weighted by Gasteiger charge is 2.17. The summed E-state index contributed by atoms with van der Waals surface area (Å²) in [6.07, 6.45) is 2.22. The van der Waals surface area contributed by atoms with Gasteiger partial charge in [0.15, 0.2) is 0 Å². The Bertz CT molecular complexity index is 628. The van der Waals surface area contributed by atoms with E-state index < -0.39 is 0 Å². The maximum absolute atomic E-state index is 12.4. The molecule has 0 aliphatic rings. The third-order valence-corrected chi connectivity index (χ3v) is 3.21. The van der Waals surface area contributed by atoms with Gasteiger partial charge in [0.2, 0.25) is 0 Å². The normalized spacial score (nSPS) is 10.1. The average Bonchev–Trinajstić information content (AvgIpc) is 3.01. The molecular formula is C16H17N3O2. The Morgan fingerprint density at radius 1 is 1.29 bits per heavy atom. The van der Waals surface area contributed by atoms with Crippen LogP contribution >= 0.6 is 0 Å². The second-order valence-corrected chi connectivity index (χ2v) is 4.67. The first-order valence-corrected chi connectivity index (χ1v) is 6.77. The molecule has 1 amide bonds. The number of rotatable bonds is 6. The number of hydrogen-bond acceptors (Lipinski definition) is 3. The van der Waals surface area contributed by atoms with Crippen LogP contribution in [0.4, 0.5) is 0 Å². The first-order valence-electron chi connectivity index (χ1n) is 6.77. The number of hydrogen-bond donors (Lipinski definition) is 2. The fourth-order valence-corrected chi connectivity index (χ4v) is 2.10. The van der Waals surface area contributed by atoms with Gasteiger partial charge in [0, 0.05) is 19.3 Å². The van der Waals surface area contributed by atoms with Gasteiger partial charge in [-0.15, -0.1) is 0 Å². The van der Waals surface area contributed by atoms with Crippen LogP contribution in [0.3, 0.4) is 0 Å². The van der Waals surface area contributed by atoms with Gasteiger partial charge in [-0.2, -0.15) is 5.26 Å². The molecule has 0 aliphatic carbocycles. The lowest BCUT2D eigenvalue weighted by atomic mass is 10.1. The zero-order valence-electron chi connectivity index (χ0n) is 11.6. The van der Waals surface area contributed by atoms with Crippen molar-refractivity contribution in [1.82, 2.24) is 9.88 Å². The summed E-state index contributed by atoms with van der Waals surface area (Å²) in [5.41, 5.74) is 1.93. The first-order chi connectivity index (χ1) is 10.2. The zero-order valence-corrected chi connectivity index (χ0v) is 11.6. The third-order valence-electron chi connectivity index (χ3n) is 3.21. The van der Waals surface area contributed by atoms with Crippen LogP contribution in [0, 0.1) is 11.3 Å². The summed E-state index contributed by atoms with van der Waals surface area (Å²) in [4.78, 5) is 16.7. The lowest BCUT2D eigenvalue weighted by Crippen LogP contribution is -2.35. The SMILES string of the molecule is N#Cc1c[nH]c(C(=O)N(CCO)CCc2ccccc2)c1. The van der Waals surface area contributed by atoms with Crippen LogP contribution in [0.2, 0.25) is 0 Å². The van der Waals surface area contributed by atoms with Crippen molar-refractivity contribution in [2.75, 3.05) is 19.7 Å². The van der Waals surface area contributed by atoms with Crippen molar-refractivity contribution in [1.29, 1.82) is 5.26 Å². The van der Waals surface area contributed by atoms with Crippen molar-refractivity contribution in [2.24, 2.45) is 0 Å². The van der Waals surface area contributed by atoms with E-state index in [-0.39, 0.29) is 19.1 Å². The zero-order chi connectivity index (χ0) is 15.1. The minimum absolute atomic E-state index is 0.0909. The minimum atomic E-state index is -0.207. The summed E-state index contributed by atoms with van der Waals surface area (Å²) >= 11 is 0. The fraction of sp³-hybridized carbons (Fsp3) is 0.250. The lowest BCUT2D eigenvalue weighted by Gasteiger charge is -2.21. The van der Waals surface area contributed by atoms with Crippen LogP contribution in [0.5, 0.6) is 0 Å². The Morgan fingerprint density at radius 3 is 2.67 bits per heavy atom. The number of H-pyrrole nitrogens is 1. The molecule has 2 rings (SSSR count). The summed E-state index contributed by atoms with van der Waals surface area (Å²) in [7, 11) is 0. The lowest BCUT2D eigenvalue weighted by molar-refractivity contribution is 0.0719. The van der Waals surface area contributed by atoms with Crippen LogP contribution in [-0.2, 0) is 6.42 Å². The molecule has 0 radical (unpaired) electrons. The molecule has 1 heterocycles. The molecule has 0 saturated carbocycles. The molecule has 0 atom stereocenters. The molecule has 0 fully saturated rings. The van der Waals surface area contributed by atoms with Gasteiger partial charge in [-0.1, -0.05) is 30.3 Å². The average molecular weight is 283 g/mol. The summed E-state index contributed by atoms with van der Waals surface area (Å²) in [6, 6.07) is 13.4. The van der Waals surface area contributed by atoms with Gasteiger partial charge in [0.1, 0.15) is 11.8 Å². The molecule has 2 aromatic rings.